The quantitative estimate of drug-likeness (QED) is 0.0968. The van der Waals surface area contributed by atoms with Crippen LogP contribution in [0.2, 0.25) is 0 Å². The summed E-state index contributed by atoms with van der Waals surface area (Å²) >= 11 is 0. The third-order valence-corrected chi connectivity index (χ3v) is 8.12. The Morgan fingerprint density at radius 1 is 0.667 bits per heavy atom. The molecule has 0 aliphatic carbocycles. The Labute approximate surface area is 269 Å². The van der Waals surface area contributed by atoms with Gasteiger partial charge in [0.05, 0.1) is 32.0 Å². The van der Waals surface area contributed by atoms with Crippen LogP contribution in [0.5, 0.6) is 0 Å². The van der Waals surface area contributed by atoms with E-state index in [1.165, 1.54) is 12.1 Å². The number of nitrogens with one attached hydrogen (secondary N) is 4. The van der Waals surface area contributed by atoms with Crippen LogP contribution in [-0.4, -0.2) is 69.8 Å². The second-order valence-electron chi connectivity index (χ2n) is 11.1. The molecule has 0 unspecified atom stereocenters. The van der Waals surface area contributed by atoms with E-state index in [9.17, 15) is 39.4 Å². The van der Waals surface area contributed by atoms with E-state index in [1.54, 1.807) is 55.6 Å². The Kier molecular flexibility index (Phi) is 8.35. The van der Waals surface area contributed by atoms with Gasteiger partial charge in [0, 0.05) is 60.1 Å². The van der Waals surface area contributed by atoms with E-state index in [0.29, 0.717) is 24.1 Å². The Morgan fingerprint density at radius 3 is 1.46 bits per heavy atom. The summed E-state index contributed by atoms with van der Waals surface area (Å²) in [6.45, 7) is 1.10. The van der Waals surface area contributed by atoms with E-state index in [2.05, 4.69) is 20.6 Å². The van der Waals surface area contributed by atoms with Crippen LogP contribution in [0.25, 0.3) is 43.6 Å². The normalized spacial score (nSPS) is 11.4. The van der Waals surface area contributed by atoms with Crippen LogP contribution in [0, 0.1) is 20.2 Å². The summed E-state index contributed by atoms with van der Waals surface area (Å²) in [6.07, 6.45) is 0. The van der Waals surface area contributed by atoms with Crippen molar-refractivity contribution in [1.29, 1.82) is 0 Å². The molecule has 0 saturated heterocycles. The lowest BCUT2D eigenvalue weighted by molar-refractivity contribution is -0.383. The van der Waals surface area contributed by atoms with E-state index in [1.807, 2.05) is 4.90 Å². The van der Waals surface area contributed by atoms with Crippen molar-refractivity contribution in [1.82, 2.24) is 25.5 Å². The molecular formula is C33H27N7O8. The van der Waals surface area contributed by atoms with Crippen LogP contribution in [0.3, 0.4) is 0 Å². The van der Waals surface area contributed by atoms with Crippen molar-refractivity contribution in [2.75, 3.05) is 33.2 Å². The molecule has 0 aliphatic rings. The zero-order valence-corrected chi connectivity index (χ0v) is 25.4. The fourth-order valence-electron chi connectivity index (χ4n) is 5.73. The van der Waals surface area contributed by atoms with Gasteiger partial charge >= 0.3 is 0 Å². The Hall–Kier alpha value is -6.48. The van der Waals surface area contributed by atoms with Crippen molar-refractivity contribution in [3.63, 3.8) is 0 Å². The summed E-state index contributed by atoms with van der Waals surface area (Å²) in [6, 6.07) is 18.0. The average molecular weight is 650 g/mol. The molecule has 48 heavy (non-hydrogen) atoms. The first-order chi connectivity index (χ1) is 23.1. The maximum absolute atomic E-state index is 13.2. The molecule has 2 heterocycles. The van der Waals surface area contributed by atoms with E-state index < -0.39 is 43.9 Å². The van der Waals surface area contributed by atoms with Crippen molar-refractivity contribution in [3.05, 3.63) is 125 Å². The highest BCUT2D eigenvalue weighted by Crippen LogP contribution is 2.28. The molecule has 0 radical (unpaired) electrons. The smallest absolute Gasteiger partial charge is 0.282 e. The highest BCUT2D eigenvalue weighted by Gasteiger charge is 2.24. The minimum Gasteiger partial charge on any atom is -0.353 e. The van der Waals surface area contributed by atoms with Crippen LogP contribution >= 0.6 is 0 Å². The first-order valence-corrected chi connectivity index (χ1v) is 14.8. The average Bonchev–Trinajstić information content (AvgIpc) is 3.07. The largest absolute Gasteiger partial charge is 0.353 e. The second-order valence-corrected chi connectivity index (χ2v) is 11.1. The zero-order chi connectivity index (χ0) is 34.1. The molecule has 242 valence electrons. The van der Waals surface area contributed by atoms with Crippen LogP contribution in [0.15, 0.2) is 82.4 Å². The predicted molar refractivity (Wildman–Crippen MR) is 180 cm³/mol. The number of fused-ring (bicyclic) bond motifs is 4. The Balaban J connectivity index is 1.12. The summed E-state index contributed by atoms with van der Waals surface area (Å²) in [5.74, 6) is -1.07. The van der Waals surface area contributed by atoms with Crippen molar-refractivity contribution >= 4 is 66.8 Å². The van der Waals surface area contributed by atoms with Gasteiger partial charge in [-0.25, -0.2) is 0 Å². The second kappa shape index (κ2) is 12.7. The zero-order valence-electron chi connectivity index (χ0n) is 25.4. The number of non-ortho nitro benzene ring substituents is 2. The van der Waals surface area contributed by atoms with Gasteiger partial charge < -0.3 is 25.5 Å². The number of likely N-dealkylation sites (N-methyl/N-ethyl adjacent to an activating group) is 1. The third-order valence-electron chi connectivity index (χ3n) is 8.12. The van der Waals surface area contributed by atoms with Crippen molar-refractivity contribution < 1.29 is 19.4 Å². The fraction of sp³-hybridized carbons (Fsp3) is 0.152. The van der Waals surface area contributed by atoms with E-state index >= 15 is 0 Å². The molecule has 0 saturated carbocycles. The number of carbonyl (C=O) groups excluding carboxylic acids is 2. The first kappa shape index (κ1) is 31.5. The van der Waals surface area contributed by atoms with Gasteiger partial charge in [-0.3, -0.25) is 39.4 Å². The first-order valence-electron chi connectivity index (χ1n) is 14.8. The number of nitrogens with zero attached hydrogens (tertiary/aromatic N) is 3. The summed E-state index contributed by atoms with van der Waals surface area (Å²) in [4.78, 5) is 82.6. The number of aromatic nitrogens is 2. The number of carbonyl (C=O) groups is 2. The highest BCUT2D eigenvalue weighted by atomic mass is 16.6. The van der Waals surface area contributed by atoms with Crippen LogP contribution in [0.4, 0.5) is 11.4 Å². The molecule has 0 spiro atoms. The van der Waals surface area contributed by atoms with Gasteiger partial charge in [-0.05, 0) is 43.4 Å². The summed E-state index contributed by atoms with van der Waals surface area (Å²) in [5, 5.41) is 29.1. The van der Waals surface area contributed by atoms with Gasteiger partial charge in [0.2, 0.25) is 10.9 Å². The molecular weight excluding hydrogens is 622 g/mol. The molecule has 4 N–H and O–H groups in total. The molecule has 0 bridgehead atoms. The number of hydrogen-bond donors (Lipinski definition) is 4. The van der Waals surface area contributed by atoms with E-state index in [0.717, 1.165) is 12.1 Å². The standard InChI is InChI=1S/C33H27N7O8/c1-38(16-14-34-32(43)20-10-12-24(39(45)46)26-28(20)36-22-8-4-2-6-18(22)30(26)41)17-15-35-33(44)21-11-13-25(40(47)48)27-29(21)37-23-9-5-3-7-19(23)31(27)42/h2-13H,14-17H2,1H3,(H,34,43)(H,35,44)(H,36,41)(H,37,42). The number of nitro benzene ring substituents is 2. The molecule has 2 aromatic heterocycles. The topological polar surface area (TPSA) is 213 Å². The van der Waals surface area contributed by atoms with Crippen LogP contribution < -0.4 is 21.5 Å². The number of rotatable bonds is 10. The molecule has 15 heteroatoms. The van der Waals surface area contributed by atoms with E-state index in [4.69, 9.17) is 0 Å². The minimum absolute atomic E-state index is 0.0644. The number of para-hydroxylation sites is 2. The monoisotopic (exact) mass is 649 g/mol. The molecule has 6 aromatic rings. The minimum atomic E-state index is -0.660. The van der Waals surface area contributed by atoms with Gasteiger partial charge in [-0.15, -0.1) is 0 Å². The predicted octanol–water partition coefficient (Wildman–Crippen LogP) is 3.58. The lowest BCUT2D eigenvalue weighted by Gasteiger charge is -2.18. The maximum atomic E-state index is 13.2. The number of amides is 2. The van der Waals surface area contributed by atoms with Gasteiger partial charge in [0.25, 0.3) is 23.2 Å². The summed E-state index contributed by atoms with van der Waals surface area (Å²) in [7, 11) is 1.77. The van der Waals surface area contributed by atoms with E-state index in [-0.39, 0.29) is 56.8 Å². The van der Waals surface area contributed by atoms with Gasteiger partial charge in [0.15, 0.2) is 0 Å². The van der Waals surface area contributed by atoms with Crippen molar-refractivity contribution in [2.24, 2.45) is 0 Å². The molecule has 2 amide bonds. The molecule has 6 rings (SSSR count). The molecule has 0 fully saturated rings. The molecule has 0 atom stereocenters. The maximum Gasteiger partial charge on any atom is 0.282 e. The van der Waals surface area contributed by atoms with Crippen molar-refractivity contribution in [2.45, 2.75) is 0 Å². The van der Waals surface area contributed by atoms with Gasteiger partial charge in [-0.2, -0.15) is 0 Å². The highest BCUT2D eigenvalue weighted by molar-refractivity contribution is 6.11. The van der Waals surface area contributed by atoms with Crippen LogP contribution in [0.1, 0.15) is 20.7 Å². The van der Waals surface area contributed by atoms with Gasteiger partial charge in [0.1, 0.15) is 10.8 Å². The molecule has 0 aliphatic heterocycles. The third kappa shape index (κ3) is 5.69. The lowest BCUT2D eigenvalue weighted by Crippen LogP contribution is -2.37. The Morgan fingerprint density at radius 2 is 1.06 bits per heavy atom. The lowest BCUT2D eigenvalue weighted by atomic mass is 10.0. The molecule has 15 nitrogen and oxygen atoms in total. The number of H-pyrrole nitrogens is 2. The van der Waals surface area contributed by atoms with Gasteiger partial charge in [-0.1, -0.05) is 24.3 Å². The SMILES string of the molecule is CN(CCNC(=O)c1ccc([N+](=O)[O-])c2c(=O)c3ccccc3[nH]c12)CCNC(=O)c1ccc([N+](=O)[O-])c2c(=O)c3ccccc3[nH]c12. The van der Waals surface area contributed by atoms with Crippen molar-refractivity contribution in [3.8, 4) is 0 Å². The number of benzene rings is 4. The molecule has 4 aromatic carbocycles. The summed E-state index contributed by atoms with van der Waals surface area (Å²) < 4.78 is 0. The number of hydrogen-bond acceptors (Lipinski definition) is 9. The summed E-state index contributed by atoms with van der Waals surface area (Å²) in [5.41, 5.74) is -0.755. The number of aromatic amines is 2. The number of nitro groups is 2. The Bertz CT molecular complexity index is 2270. The fourth-order valence-corrected chi connectivity index (χ4v) is 5.73. The number of pyridine rings is 2. The van der Waals surface area contributed by atoms with Crippen LogP contribution in [-0.2, 0) is 0 Å².